The Kier molecular flexibility index (Phi) is 3.03. The summed E-state index contributed by atoms with van der Waals surface area (Å²) in [6.45, 7) is 11.4. The number of fused-ring (bicyclic) bond motifs is 1. The van der Waals surface area contributed by atoms with Gasteiger partial charge in [-0.2, -0.15) is 0 Å². The lowest BCUT2D eigenvalue weighted by molar-refractivity contribution is 0.00578. The molecule has 0 saturated carbocycles. The van der Waals surface area contributed by atoms with Gasteiger partial charge in [-0.15, -0.1) is 0 Å². The molecule has 1 aromatic rings. The van der Waals surface area contributed by atoms with E-state index in [0.29, 0.717) is 13.2 Å². The fourth-order valence-electron chi connectivity index (χ4n) is 2.50. The summed E-state index contributed by atoms with van der Waals surface area (Å²) in [7, 11) is -0.365. The highest BCUT2D eigenvalue weighted by Gasteiger charge is 2.52. The lowest BCUT2D eigenvalue weighted by Crippen LogP contribution is -2.41. The van der Waals surface area contributed by atoms with Crippen LogP contribution >= 0.6 is 0 Å². The third kappa shape index (κ3) is 2.00. The van der Waals surface area contributed by atoms with Crippen molar-refractivity contribution in [2.75, 3.05) is 13.2 Å². The molecule has 0 aromatic heterocycles. The quantitative estimate of drug-likeness (QED) is 0.736. The second-order valence-electron chi connectivity index (χ2n) is 6.39. The first-order valence-corrected chi connectivity index (χ1v) is 7.06. The van der Waals surface area contributed by atoms with E-state index in [-0.39, 0.29) is 18.3 Å². The van der Waals surface area contributed by atoms with Crippen molar-refractivity contribution in [3.05, 3.63) is 17.7 Å². The van der Waals surface area contributed by atoms with Gasteiger partial charge in [0, 0.05) is 0 Å². The second-order valence-corrected chi connectivity index (χ2v) is 6.39. The van der Waals surface area contributed by atoms with E-state index in [9.17, 15) is 0 Å². The molecule has 3 rings (SSSR count). The third-order valence-electron chi connectivity index (χ3n) is 4.51. The largest absolute Gasteiger partial charge is 0.495 e. The van der Waals surface area contributed by atoms with Crippen LogP contribution in [0, 0.1) is 6.92 Å². The van der Waals surface area contributed by atoms with E-state index >= 15 is 0 Å². The van der Waals surface area contributed by atoms with Gasteiger partial charge >= 0.3 is 7.12 Å². The molecule has 4 nitrogen and oxygen atoms in total. The minimum atomic E-state index is -0.365. The van der Waals surface area contributed by atoms with Gasteiger partial charge in [0.1, 0.15) is 13.2 Å². The maximum absolute atomic E-state index is 6.10. The summed E-state index contributed by atoms with van der Waals surface area (Å²) in [5.41, 5.74) is 1.36. The van der Waals surface area contributed by atoms with E-state index in [1.54, 1.807) is 0 Å². The van der Waals surface area contributed by atoms with Crippen molar-refractivity contribution in [1.82, 2.24) is 0 Å². The van der Waals surface area contributed by atoms with Gasteiger partial charge in [-0.1, -0.05) is 6.07 Å². The highest BCUT2D eigenvalue weighted by molar-refractivity contribution is 6.62. The second kappa shape index (κ2) is 4.40. The maximum atomic E-state index is 6.10. The Hall–Kier alpha value is -1.20. The molecule has 0 bridgehead atoms. The molecular formula is C15H21BO4. The van der Waals surface area contributed by atoms with Crippen LogP contribution in [0.15, 0.2) is 12.1 Å². The van der Waals surface area contributed by atoms with Crippen LogP contribution in [0.5, 0.6) is 11.5 Å². The summed E-state index contributed by atoms with van der Waals surface area (Å²) in [5.74, 6) is 1.61. The van der Waals surface area contributed by atoms with Crippen LogP contribution in [-0.2, 0) is 9.31 Å². The topological polar surface area (TPSA) is 36.9 Å². The van der Waals surface area contributed by atoms with Crippen LogP contribution in [0.25, 0.3) is 0 Å². The zero-order valence-corrected chi connectivity index (χ0v) is 12.8. The van der Waals surface area contributed by atoms with Crippen molar-refractivity contribution in [1.29, 1.82) is 0 Å². The fourth-order valence-corrected chi connectivity index (χ4v) is 2.50. The summed E-state index contributed by atoms with van der Waals surface area (Å²) in [6, 6.07) is 3.94. The zero-order valence-electron chi connectivity index (χ0n) is 12.8. The highest BCUT2D eigenvalue weighted by Crippen LogP contribution is 2.38. The van der Waals surface area contributed by atoms with Crippen molar-refractivity contribution >= 4 is 12.6 Å². The number of ether oxygens (including phenoxy) is 2. The standard InChI is InChI=1S/C15H21BO4/c1-10-11(6-7-12-13(10)18-9-8-17-12)16-19-14(2,3)15(4,5)20-16/h6-7H,8-9H2,1-5H3. The van der Waals surface area contributed by atoms with Gasteiger partial charge < -0.3 is 18.8 Å². The molecule has 2 aliphatic rings. The minimum absolute atomic E-state index is 0.336. The third-order valence-corrected chi connectivity index (χ3v) is 4.51. The summed E-state index contributed by atoms with van der Waals surface area (Å²) in [4.78, 5) is 0. The van der Waals surface area contributed by atoms with E-state index < -0.39 is 0 Å². The van der Waals surface area contributed by atoms with Crippen LogP contribution in [-0.4, -0.2) is 31.5 Å². The normalized spacial score (nSPS) is 22.9. The summed E-state index contributed by atoms with van der Waals surface area (Å²) in [6.07, 6.45) is 0. The Morgan fingerprint density at radius 3 is 2.20 bits per heavy atom. The molecule has 0 unspecified atom stereocenters. The molecule has 20 heavy (non-hydrogen) atoms. The number of benzene rings is 1. The van der Waals surface area contributed by atoms with Crippen molar-refractivity contribution < 1.29 is 18.8 Å². The smallest absolute Gasteiger partial charge is 0.486 e. The first-order chi connectivity index (χ1) is 9.32. The van der Waals surface area contributed by atoms with E-state index in [2.05, 4.69) is 27.7 Å². The number of rotatable bonds is 1. The lowest BCUT2D eigenvalue weighted by Gasteiger charge is -2.32. The van der Waals surface area contributed by atoms with Crippen molar-refractivity contribution in [3.63, 3.8) is 0 Å². The lowest BCUT2D eigenvalue weighted by atomic mass is 9.76. The molecule has 0 radical (unpaired) electrons. The van der Waals surface area contributed by atoms with Gasteiger partial charge in [0.2, 0.25) is 0 Å². The van der Waals surface area contributed by atoms with E-state index in [1.807, 2.05) is 19.1 Å². The van der Waals surface area contributed by atoms with Gasteiger partial charge in [-0.25, -0.2) is 0 Å². The molecule has 0 N–H and O–H groups in total. The molecular weight excluding hydrogens is 255 g/mol. The molecule has 2 aliphatic heterocycles. The summed E-state index contributed by atoms with van der Waals surface area (Å²) >= 11 is 0. The van der Waals surface area contributed by atoms with Gasteiger partial charge in [0.25, 0.3) is 0 Å². The first-order valence-electron chi connectivity index (χ1n) is 7.06. The minimum Gasteiger partial charge on any atom is -0.486 e. The molecule has 1 saturated heterocycles. The monoisotopic (exact) mass is 276 g/mol. The van der Waals surface area contributed by atoms with Crippen molar-refractivity contribution in [3.8, 4) is 11.5 Å². The predicted molar refractivity (Wildman–Crippen MR) is 77.9 cm³/mol. The maximum Gasteiger partial charge on any atom is 0.495 e. The molecule has 0 amide bonds. The first kappa shape index (κ1) is 13.8. The van der Waals surface area contributed by atoms with Gasteiger partial charge in [-0.05, 0) is 51.7 Å². The Morgan fingerprint density at radius 2 is 1.55 bits per heavy atom. The van der Waals surface area contributed by atoms with Crippen LogP contribution in [0.4, 0.5) is 0 Å². The molecule has 1 fully saturated rings. The average Bonchev–Trinajstić information content (AvgIpc) is 2.59. The Balaban J connectivity index is 1.96. The van der Waals surface area contributed by atoms with Gasteiger partial charge in [0.15, 0.2) is 11.5 Å². The molecule has 5 heteroatoms. The van der Waals surface area contributed by atoms with E-state index in [0.717, 1.165) is 22.5 Å². The zero-order chi connectivity index (χ0) is 14.5. The number of hydrogen-bond donors (Lipinski definition) is 0. The Labute approximate surface area is 120 Å². The highest BCUT2D eigenvalue weighted by atomic mass is 16.7. The van der Waals surface area contributed by atoms with Gasteiger partial charge in [-0.3, -0.25) is 0 Å². The Bertz CT molecular complexity index is 523. The predicted octanol–water partition coefficient (Wildman–Crippen LogP) is 2.07. The molecule has 1 aromatic carbocycles. The van der Waals surface area contributed by atoms with Gasteiger partial charge in [0.05, 0.1) is 11.2 Å². The van der Waals surface area contributed by atoms with E-state index in [4.69, 9.17) is 18.8 Å². The molecule has 0 atom stereocenters. The summed E-state index contributed by atoms with van der Waals surface area (Å²) in [5, 5.41) is 0. The van der Waals surface area contributed by atoms with Crippen molar-refractivity contribution in [2.45, 2.75) is 45.8 Å². The molecule has 0 spiro atoms. The van der Waals surface area contributed by atoms with Crippen LogP contribution in [0.2, 0.25) is 0 Å². The molecule has 0 aliphatic carbocycles. The van der Waals surface area contributed by atoms with Crippen molar-refractivity contribution in [2.24, 2.45) is 0 Å². The van der Waals surface area contributed by atoms with Crippen LogP contribution < -0.4 is 14.9 Å². The average molecular weight is 276 g/mol. The SMILES string of the molecule is Cc1c(B2OC(C)(C)C(C)(C)O2)ccc2c1OCCO2. The summed E-state index contributed by atoms with van der Waals surface area (Å²) < 4.78 is 23.5. The fraction of sp³-hybridized carbons (Fsp3) is 0.600. The Morgan fingerprint density at radius 1 is 0.950 bits per heavy atom. The van der Waals surface area contributed by atoms with Crippen LogP contribution in [0.1, 0.15) is 33.3 Å². The number of hydrogen-bond acceptors (Lipinski definition) is 4. The van der Waals surface area contributed by atoms with Crippen LogP contribution in [0.3, 0.4) is 0 Å². The molecule has 108 valence electrons. The molecule has 2 heterocycles. The van der Waals surface area contributed by atoms with E-state index in [1.165, 1.54) is 0 Å².